The van der Waals surface area contributed by atoms with Crippen molar-refractivity contribution in [3.63, 3.8) is 0 Å². The lowest BCUT2D eigenvalue weighted by molar-refractivity contribution is -0.147. The molecule has 2 aromatic rings. The molecule has 3 rings (SSSR count). The van der Waals surface area contributed by atoms with E-state index in [9.17, 15) is 9.59 Å². The van der Waals surface area contributed by atoms with E-state index < -0.39 is 5.54 Å². The van der Waals surface area contributed by atoms with Crippen molar-refractivity contribution in [2.45, 2.75) is 25.9 Å². The Balaban J connectivity index is 1.77. The van der Waals surface area contributed by atoms with E-state index in [-0.39, 0.29) is 11.8 Å². The molecule has 0 unspecified atom stereocenters. The van der Waals surface area contributed by atoms with Gasteiger partial charge in [0.25, 0.3) is 5.91 Å². The van der Waals surface area contributed by atoms with Crippen molar-refractivity contribution >= 4 is 11.8 Å². The van der Waals surface area contributed by atoms with Crippen molar-refractivity contribution in [2.24, 2.45) is 0 Å². The zero-order chi connectivity index (χ0) is 16.4. The molecule has 1 aliphatic rings. The van der Waals surface area contributed by atoms with E-state index >= 15 is 0 Å². The van der Waals surface area contributed by atoms with Crippen LogP contribution < -0.4 is 0 Å². The maximum absolute atomic E-state index is 12.9. The van der Waals surface area contributed by atoms with Crippen LogP contribution in [0.5, 0.6) is 0 Å². The summed E-state index contributed by atoms with van der Waals surface area (Å²) in [5.74, 6) is -0.125. The topological polar surface area (TPSA) is 56.4 Å². The summed E-state index contributed by atoms with van der Waals surface area (Å²) in [5.41, 5.74) is 0.839. The fraction of sp³-hybridized carbons (Fsp3) is 0.333. The van der Waals surface area contributed by atoms with Crippen LogP contribution in [0.3, 0.4) is 0 Å². The summed E-state index contributed by atoms with van der Waals surface area (Å²) in [4.78, 5) is 31.9. The van der Waals surface area contributed by atoms with Gasteiger partial charge in [0.1, 0.15) is 5.54 Å². The molecule has 0 spiro atoms. The van der Waals surface area contributed by atoms with Gasteiger partial charge in [0.15, 0.2) is 0 Å². The highest BCUT2D eigenvalue weighted by atomic mass is 16.2. The highest BCUT2D eigenvalue weighted by molar-refractivity contribution is 5.99. The number of carbonyl (C=O) groups excluding carboxylic acids is 2. The van der Waals surface area contributed by atoms with Gasteiger partial charge in [-0.3, -0.25) is 9.59 Å². The van der Waals surface area contributed by atoms with Gasteiger partial charge in [0.05, 0.1) is 5.56 Å². The number of carbonyl (C=O) groups is 2. The molecule has 1 aromatic carbocycles. The van der Waals surface area contributed by atoms with Gasteiger partial charge in [-0.05, 0) is 25.5 Å². The van der Waals surface area contributed by atoms with Crippen molar-refractivity contribution < 1.29 is 9.59 Å². The minimum Gasteiger partial charge on any atom is -0.367 e. The Labute approximate surface area is 135 Å². The van der Waals surface area contributed by atoms with E-state index in [0.717, 1.165) is 5.56 Å². The Morgan fingerprint density at radius 2 is 1.91 bits per heavy atom. The second kappa shape index (κ2) is 5.91. The standard InChI is InChI=1S/C18H21N3O2/c1-18(2)17(23)20(13-14-6-4-3-5-7-14)10-11-21(18)16(22)15-8-9-19-12-15/h3-9,12,19H,10-11,13H2,1-2H3. The molecule has 1 aliphatic heterocycles. The van der Waals surface area contributed by atoms with Crippen LogP contribution in [-0.4, -0.2) is 45.2 Å². The minimum absolute atomic E-state index is 0.0171. The second-order valence-electron chi connectivity index (χ2n) is 6.33. The molecule has 5 nitrogen and oxygen atoms in total. The number of hydrogen-bond donors (Lipinski definition) is 1. The first-order valence-corrected chi connectivity index (χ1v) is 7.78. The summed E-state index contributed by atoms with van der Waals surface area (Å²) in [6, 6.07) is 11.7. The van der Waals surface area contributed by atoms with E-state index in [1.807, 2.05) is 49.1 Å². The lowest BCUT2D eigenvalue weighted by Gasteiger charge is -2.45. The molecule has 5 heteroatoms. The first-order chi connectivity index (χ1) is 11.0. The second-order valence-corrected chi connectivity index (χ2v) is 6.33. The summed E-state index contributed by atoms with van der Waals surface area (Å²) in [6.45, 7) is 5.30. The lowest BCUT2D eigenvalue weighted by Crippen LogP contribution is -2.64. The minimum atomic E-state index is -0.846. The molecule has 0 aliphatic carbocycles. The normalized spacial score (nSPS) is 17.4. The van der Waals surface area contributed by atoms with Crippen LogP contribution in [0.2, 0.25) is 0 Å². The van der Waals surface area contributed by atoms with Crippen LogP contribution in [0.4, 0.5) is 0 Å². The number of hydrogen-bond acceptors (Lipinski definition) is 2. The summed E-state index contributed by atoms with van der Waals surface area (Å²) < 4.78 is 0. The predicted molar refractivity (Wildman–Crippen MR) is 87.8 cm³/mol. The molecular weight excluding hydrogens is 290 g/mol. The molecule has 0 atom stereocenters. The number of nitrogens with one attached hydrogen (secondary N) is 1. The van der Waals surface area contributed by atoms with Gasteiger partial charge in [-0.1, -0.05) is 30.3 Å². The van der Waals surface area contributed by atoms with Crippen LogP contribution in [0.25, 0.3) is 0 Å². The van der Waals surface area contributed by atoms with E-state index in [2.05, 4.69) is 4.98 Å². The molecule has 2 heterocycles. The molecule has 1 saturated heterocycles. The molecular formula is C18H21N3O2. The summed E-state index contributed by atoms with van der Waals surface area (Å²) >= 11 is 0. The molecule has 0 saturated carbocycles. The van der Waals surface area contributed by atoms with Gasteiger partial charge in [-0.2, -0.15) is 0 Å². The van der Waals surface area contributed by atoms with E-state index in [1.54, 1.807) is 23.4 Å². The molecule has 0 bridgehead atoms. The first kappa shape index (κ1) is 15.3. The van der Waals surface area contributed by atoms with Crippen LogP contribution in [-0.2, 0) is 11.3 Å². The Bertz CT molecular complexity index is 692. The van der Waals surface area contributed by atoms with Crippen LogP contribution in [0.15, 0.2) is 48.8 Å². The Hall–Kier alpha value is -2.56. The third kappa shape index (κ3) is 2.86. The van der Waals surface area contributed by atoms with Gasteiger partial charge in [0, 0.05) is 32.0 Å². The molecule has 1 fully saturated rings. The Kier molecular flexibility index (Phi) is 3.94. The van der Waals surface area contributed by atoms with Crippen molar-refractivity contribution in [1.82, 2.24) is 14.8 Å². The number of aromatic amines is 1. The predicted octanol–water partition coefficient (Wildman–Crippen LogP) is 2.28. The number of H-pyrrole nitrogens is 1. The van der Waals surface area contributed by atoms with E-state index in [4.69, 9.17) is 0 Å². The molecule has 23 heavy (non-hydrogen) atoms. The summed E-state index contributed by atoms with van der Waals surface area (Å²) in [7, 11) is 0. The highest BCUT2D eigenvalue weighted by Gasteiger charge is 2.44. The average Bonchev–Trinajstić information content (AvgIpc) is 3.07. The number of nitrogens with zero attached hydrogens (tertiary/aromatic N) is 2. The first-order valence-electron chi connectivity index (χ1n) is 7.78. The number of piperazine rings is 1. The molecule has 120 valence electrons. The van der Waals surface area contributed by atoms with Crippen LogP contribution in [0.1, 0.15) is 29.8 Å². The van der Waals surface area contributed by atoms with Crippen LogP contribution >= 0.6 is 0 Å². The zero-order valence-electron chi connectivity index (χ0n) is 13.5. The molecule has 1 aromatic heterocycles. The SMILES string of the molecule is CC1(C)C(=O)N(Cc2ccccc2)CCN1C(=O)c1cc[nH]c1. The van der Waals surface area contributed by atoms with Crippen LogP contribution in [0, 0.1) is 0 Å². The van der Waals surface area contributed by atoms with Gasteiger partial charge < -0.3 is 14.8 Å². The maximum Gasteiger partial charge on any atom is 0.256 e. The number of amides is 2. The Morgan fingerprint density at radius 3 is 2.57 bits per heavy atom. The molecule has 1 N–H and O–H groups in total. The zero-order valence-corrected chi connectivity index (χ0v) is 13.5. The summed E-state index contributed by atoms with van der Waals surface area (Å²) in [5, 5.41) is 0. The fourth-order valence-corrected chi connectivity index (χ4v) is 3.03. The van der Waals surface area contributed by atoms with Gasteiger partial charge >= 0.3 is 0 Å². The average molecular weight is 311 g/mol. The number of aromatic nitrogens is 1. The smallest absolute Gasteiger partial charge is 0.256 e. The van der Waals surface area contributed by atoms with Gasteiger partial charge in [-0.25, -0.2) is 0 Å². The maximum atomic E-state index is 12.9. The molecule has 0 radical (unpaired) electrons. The van der Waals surface area contributed by atoms with Crippen molar-refractivity contribution in [3.05, 3.63) is 59.9 Å². The number of benzene rings is 1. The summed E-state index contributed by atoms with van der Waals surface area (Å²) in [6.07, 6.45) is 3.38. The third-order valence-corrected chi connectivity index (χ3v) is 4.39. The van der Waals surface area contributed by atoms with E-state index in [0.29, 0.717) is 25.2 Å². The third-order valence-electron chi connectivity index (χ3n) is 4.39. The number of rotatable bonds is 3. The molecule has 2 amide bonds. The van der Waals surface area contributed by atoms with Crippen molar-refractivity contribution in [3.8, 4) is 0 Å². The lowest BCUT2D eigenvalue weighted by atomic mass is 9.96. The largest absolute Gasteiger partial charge is 0.367 e. The van der Waals surface area contributed by atoms with Crippen molar-refractivity contribution in [2.75, 3.05) is 13.1 Å². The fourth-order valence-electron chi connectivity index (χ4n) is 3.03. The Morgan fingerprint density at radius 1 is 1.17 bits per heavy atom. The highest BCUT2D eigenvalue weighted by Crippen LogP contribution is 2.25. The van der Waals surface area contributed by atoms with Crippen molar-refractivity contribution in [1.29, 1.82) is 0 Å². The van der Waals surface area contributed by atoms with Gasteiger partial charge in [-0.15, -0.1) is 0 Å². The quantitative estimate of drug-likeness (QED) is 0.945. The van der Waals surface area contributed by atoms with E-state index in [1.165, 1.54) is 0 Å². The van der Waals surface area contributed by atoms with Gasteiger partial charge in [0.2, 0.25) is 5.91 Å². The monoisotopic (exact) mass is 311 g/mol.